The van der Waals surface area contributed by atoms with Gasteiger partial charge in [0.05, 0.1) is 17.9 Å². The molecule has 0 aliphatic carbocycles. The van der Waals surface area contributed by atoms with Gasteiger partial charge in [-0.2, -0.15) is 0 Å². The average Bonchev–Trinajstić information content (AvgIpc) is 2.96. The van der Waals surface area contributed by atoms with Crippen LogP contribution in [0.3, 0.4) is 0 Å². The fraction of sp³-hybridized carbons (Fsp3) is 0.214. The molecule has 7 heteroatoms. The molecule has 0 radical (unpaired) electrons. The third-order valence-corrected chi connectivity index (χ3v) is 5.50. The number of thiophene rings is 1. The number of hydrogen-bond donors (Lipinski definition) is 1. The van der Waals surface area contributed by atoms with Crippen molar-refractivity contribution in [3.8, 4) is 0 Å². The van der Waals surface area contributed by atoms with Crippen LogP contribution in [-0.4, -0.2) is 21.0 Å². The molecule has 1 aromatic heterocycles. The molecule has 0 aliphatic heterocycles. The van der Waals surface area contributed by atoms with Crippen molar-refractivity contribution in [2.75, 3.05) is 11.3 Å². The van der Waals surface area contributed by atoms with Crippen molar-refractivity contribution in [2.24, 2.45) is 0 Å². The molecule has 1 heterocycles. The zero-order chi connectivity index (χ0) is 15.5. The summed E-state index contributed by atoms with van der Waals surface area (Å²) in [6, 6.07) is 7.92. The molecule has 0 amide bonds. The van der Waals surface area contributed by atoms with E-state index in [-0.39, 0.29) is 4.21 Å². The van der Waals surface area contributed by atoms with Gasteiger partial charge in [0.1, 0.15) is 4.21 Å². The van der Waals surface area contributed by atoms with Gasteiger partial charge in [-0.15, -0.1) is 11.3 Å². The van der Waals surface area contributed by atoms with Gasteiger partial charge in [0, 0.05) is 0 Å². The van der Waals surface area contributed by atoms with E-state index in [1.165, 1.54) is 12.1 Å². The van der Waals surface area contributed by atoms with Crippen LogP contribution in [0.2, 0.25) is 0 Å². The van der Waals surface area contributed by atoms with Gasteiger partial charge in [-0.05, 0) is 49.1 Å². The Balaban J connectivity index is 2.24. The summed E-state index contributed by atoms with van der Waals surface area (Å²) in [5.41, 5.74) is 1.49. The first-order chi connectivity index (χ1) is 9.94. The monoisotopic (exact) mass is 325 g/mol. The van der Waals surface area contributed by atoms with E-state index in [1.54, 1.807) is 37.4 Å². The zero-order valence-corrected chi connectivity index (χ0v) is 13.3. The molecule has 0 fully saturated rings. The molecule has 21 heavy (non-hydrogen) atoms. The van der Waals surface area contributed by atoms with Gasteiger partial charge in [0.25, 0.3) is 10.0 Å². The van der Waals surface area contributed by atoms with Crippen molar-refractivity contribution in [2.45, 2.75) is 18.1 Å². The molecule has 2 rings (SSSR count). The normalized spacial score (nSPS) is 11.1. The quantitative estimate of drug-likeness (QED) is 0.858. The van der Waals surface area contributed by atoms with Gasteiger partial charge in [-0.3, -0.25) is 4.72 Å². The maximum atomic E-state index is 12.1. The van der Waals surface area contributed by atoms with Crippen molar-refractivity contribution in [1.29, 1.82) is 0 Å². The number of esters is 1. The number of aryl methyl sites for hydroxylation is 1. The van der Waals surface area contributed by atoms with Crippen LogP contribution in [0.4, 0.5) is 5.69 Å². The molecule has 0 spiro atoms. The van der Waals surface area contributed by atoms with Crippen LogP contribution < -0.4 is 4.72 Å². The fourth-order valence-corrected chi connectivity index (χ4v) is 3.85. The van der Waals surface area contributed by atoms with Crippen molar-refractivity contribution >= 4 is 33.0 Å². The molecular formula is C14H15NO4S2. The highest BCUT2D eigenvalue weighted by molar-refractivity contribution is 7.94. The maximum absolute atomic E-state index is 12.1. The molecule has 0 unspecified atom stereocenters. The van der Waals surface area contributed by atoms with E-state index in [4.69, 9.17) is 4.74 Å². The molecule has 0 saturated carbocycles. The van der Waals surface area contributed by atoms with E-state index in [0.29, 0.717) is 23.4 Å². The predicted octanol–water partition coefficient (Wildman–Crippen LogP) is 3.03. The minimum absolute atomic E-state index is 0.247. The first-order valence-electron chi connectivity index (χ1n) is 6.28. The second-order valence-corrected chi connectivity index (χ2v) is 7.14. The number of anilines is 1. The molecule has 0 saturated heterocycles. The summed E-state index contributed by atoms with van der Waals surface area (Å²) in [6.07, 6.45) is 0. The number of benzene rings is 1. The second kappa shape index (κ2) is 6.28. The number of carbonyl (C=O) groups excluding carboxylic acids is 1. The summed E-state index contributed by atoms with van der Waals surface area (Å²) < 4.78 is 32.0. The highest BCUT2D eigenvalue weighted by atomic mass is 32.2. The minimum Gasteiger partial charge on any atom is -0.462 e. The maximum Gasteiger partial charge on any atom is 0.338 e. The topological polar surface area (TPSA) is 72.5 Å². The summed E-state index contributed by atoms with van der Waals surface area (Å²) in [6.45, 7) is 3.76. The van der Waals surface area contributed by atoms with Crippen LogP contribution in [0, 0.1) is 6.92 Å². The largest absolute Gasteiger partial charge is 0.462 e. The first kappa shape index (κ1) is 15.5. The third-order valence-electron chi connectivity index (χ3n) is 2.74. The Morgan fingerprint density at radius 2 is 2.10 bits per heavy atom. The summed E-state index contributed by atoms with van der Waals surface area (Å²) in [5, 5.41) is 1.70. The lowest BCUT2D eigenvalue weighted by Crippen LogP contribution is -2.13. The van der Waals surface area contributed by atoms with Crippen LogP contribution in [0.15, 0.2) is 39.9 Å². The van der Waals surface area contributed by atoms with Crippen LogP contribution in [0.5, 0.6) is 0 Å². The number of sulfonamides is 1. The van der Waals surface area contributed by atoms with E-state index in [2.05, 4.69) is 4.72 Å². The predicted molar refractivity (Wildman–Crippen MR) is 82.3 cm³/mol. The summed E-state index contributed by atoms with van der Waals surface area (Å²) >= 11 is 1.15. The molecule has 0 bridgehead atoms. The van der Waals surface area contributed by atoms with E-state index in [1.807, 2.05) is 0 Å². The molecule has 0 aliphatic rings. The Kier molecular flexibility index (Phi) is 4.64. The smallest absolute Gasteiger partial charge is 0.338 e. The summed E-state index contributed by atoms with van der Waals surface area (Å²) in [4.78, 5) is 11.6. The third kappa shape index (κ3) is 3.62. The van der Waals surface area contributed by atoms with Gasteiger partial charge < -0.3 is 4.74 Å². The molecule has 1 N–H and O–H groups in total. The van der Waals surface area contributed by atoms with Crippen molar-refractivity contribution in [3.63, 3.8) is 0 Å². The molecule has 0 atom stereocenters. The molecule has 1 aromatic carbocycles. The number of ether oxygens (including phenoxy) is 1. The van der Waals surface area contributed by atoms with E-state index < -0.39 is 16.0 Å². The minimum atomic E-state index is -3.58. The molecule has 2 aromatic rings. The van der Waals surface area contributed by atoms with E-state index in [9.17, 15) is 13.2 Å². The number of carbonyl (C=O) groups is 1. The number of rotatable bonds is 5. The highest BCUT2D eigenvalue weighted by Gasteiger charge is 2.17. The lowest BCUT2D eigenvalue weighted by Gasteiger charge is -2.10. The van der Waals surface area contributed by atoms with Crippen molar-refractivity contribution in [1.82, 2.24) is 0 Å². The van der Waals surface area contributed by atoms with Crippen LogP contribution in [0.25, 0.3) is 0 Å². The van der Waals surface area contributed by atoms with Crippen molar-refractivity contribution in [3.05, 3.63) is 46.8 Å². The summed E-state index contributed by atoms with van der Waals surface area (Å²) in [7, 11) is -3.58. The lowest BCUT2D eigenvalue weighted by molar-refractivity contribution is 0.0526. The zero-order valence-electron chi connectivity index (χ0n) is 11.6. The highest BCUT2D eigenvalue weighted by Crippen LogP contribution is 2.23. The van der Waals surface area contributed by atoms with Gasteiger partial charge in [0.15, 0.2) is 0 Å². The SMILES string of the molecule is CCOC(=O)c1ccc(NS(=O)(=O)c2cccs2)c(C)c1. The Bertz CT molecular complexity index is 736. The number of hydrogen-bond acceptors (Lipinski definition) is 5. The average molecular weight is 325 g/mol. The molecule has 112 valence electrons. The first-order valence-corrected chi connectivity index (χ1v) is 8.64. The standard InChI is InChI=1S/C14H15NO4S2/c1-3-19-14(16)11-6-7-12(10(2)9-11)15-21(17,18)13-5-4-8-20-13/h4-9,15H,3H2,1-2H3. The van der Waals surface area contributed by atoms with E-state index in [0.717, 1.165) is 11.3 Å². The Morgan fingerprint density at radius 1 is 1.33 bits per heavy atom. The molecular weight excluding hydrogens is 310 g/mol. The van der Waals surface area contributed by atoms with Crippen LogP contribution >= 0.6 is 11.3 Å². The van der Waals surface area contributed by atoms with E-state index >= 15 is 0 Å². The van der Waals surface area contributed by atoms with Crippen molar-refractivity contribution < 1.29 is 17.9 Å². The Morgan fingerprint density at radius 3 is 2.67 bits per heavy atom. The van der Waals surface area contributed by atoms with Gasteiger partial charge in [-0.1, -0.05) is 6.07 Å². The van der Waals surface area contributed by atoms with Crippen LogP contribution in [0.1, 0.15) is 22.8 Å². The summed E-state index contributed by atoms with van der Waals surface area (Å²) in [5.74, 6) is -0.423. The van der Waals surface area contributed by atoms with Crippen LogP contribution in [-0.2, 0) is 14.8 Å². The van der Waals surface area contributed by atoms with Gasteiger partial charge in [-0.25, -0.2) is 13.2 Å². The lowest BCUT2D eigenvalue weighted by atomic mass is 10.1. The fourth-order valence-electron chi connectivity index (χ4n) is 1.73. The molecule has 5 nitrogen and oxygen atoms in total. The number of nitrogens with one attached hydrogen (secondary N) is 1. The Hall–Kier alpha value is -1.86. The Labute approximate surface area is 127 Å². The van der Waals surface area contributed by atoms with Gasteiger partial charge >= 0.3 is 5.97 Å². The van der Waals surface area contributed by atoms with Gasteiger partial charge in [0.2, 0.25) is 0 Å². The second-order valence-electron chi connectivity index (χ2n) is 4.29.